The smallest absolute Gasteiger partial charge is 0.340 e. The molecule has 0 aliphatic rings. The summed E-state index contributed by atoms with van der Waals surface area (Å²) in [5.74, 6) is -0.571. The molecule has 0 fully saturated rings. The third kappa shape index (κ3) is 1.50. The SMILES string of the molecule is COc1ccc2c(C)cccc2c1C(=O)O. The molecule has 0 saturated heterocycles. The van der Waals surface area contributed by atoms with Gasteiger partial charge in [-0.3, -0.25) is 0 Å². The van der Waals surface area contributed by atoms with Gasteiger partial charge >= 0.3 is 5.97 Å². The molecule has 0 amide bonds. The number of carboxylic acid groups (broad SMARTS) is 1. The van der Waals surface area contributed by atoms with Crippen molar-refractivity contribution >= 4 is 16.7 Å². The van der Waals surface area contributed by atoms with Crippen LogP contribution in [-0.4, -0.2) is 18.2 Å². The second kappa shape index (κ2) is 3.85. The van der Waals surface area contributed by atoms with Gasteiger partial charge in [-0.05, 0) is 23.9 Å². The van der Waals surface area contributed by atoms with E-state index >= 15 is 0 Å². The lowest BCUT2D eigenvalue weighted by molar-refractivity contribution is 0.0695. The average Bonchev–Trinajstić information content (AvgIpc) is 2.27. The Morgan fingerprint density at radius 3 is 2.56 bits per heavy atom. The van der Waals surface area contributed by atoms with Crippen molar-refractivity contribution < 1.29 is 14.6 Å². The zero-order valence-corrected chi connectivity index (χ0v) is 9.15. The normalized spacial score (nSPS) is 10.4. The van der Waals surface area contributed by atoms with E-state index < -0.39 is 5.97 Å². The van der Waals surface area contributed by atoms with Gasteiger partial charge in [0.25, 0.3) is 0 Å². The summed E-state index contributed by atoms with van der Waals surface area (Å²) in [6.07, 6.45) is 0. The van der Waals surface area contributed by atoms with Crippen LogP contribution in [0.25, 0.3) is 10.8 Å². The summed E-state index contributed by atoms with van der Waals surface area (Å²) in [4.78, 5) is 11.2. The number of aryl methyl sites for hydroxylation is 1. The van der Waals surface area contributed by atoms with Gasteiger partial charge in [0.1, 0.15) is 11.3 Å². The highest BCUT2D eigenvalue weighted by Gasteiger charge is 2.15. The fourth-order valence-electron chi connectivity index (χ4n) is 1.89. The Balaban J connectivity index is 2.90. The number of methoxy groups -OCH3 is 1. The van der Waals surface area contributed by atoms with Crippen LogP contribution in [0.1, 0.15) is 15.9 Å². The van der Waals surface area contributed by atoms with Crippen LogP contribution in [0.5, 0.6) is 5.75 Å². The second-order valence-electron chi connectivity index (χ2n) is 3.62. The summed E-state index contributed by atoms with van der Waals surface area (Å²) in [6, 6.07) is 9.19. The third-order valence-electron chi connectivity index (χ3n) is 2.68. The molecule has 2 aromatic carbocycles. The van der Waals surface area contributed by atoms with E-state index in [-0.39, 0.29) is 5.56 Å². The highest BCUT2D eigenvalue weighted by atomic mass is 16.5. The van der Waals surface area contributed by atoms with E-state index in [0.29, 0.717) is 11.1 Å². The number of hydrogen-bond donors (Lipinski definition) is 1. The molecule has 82 valence electrons. The molecule has 2 aromatic rings. The van der Waals surface area contributed by atoms with Crippen molar-refractivity contribution in [3.8, 4) is 5.75 Å². The summed E-state index contributed by atoms with van der Waals surface area (Å²) >= 11 is 0. The lowest BCUT2D eigenvalue weighted by atomic mass is 10.00. The van der Waals surface area contributed by atoms with Crippen LogP contribution in [0.15, 0.2) is 30.3 Å². The number of carboxylic acids is 1. The molecule has 0 saturated carbocycles. The van der Waals surface area contributed by atoms with Crippen molar-refractivity contribution in [2.24, 2.45) is 0 Å². The summed E-state index contributed by atoms with van der Waals surface area (Å²) in [5, 5.41) is 10.9. The highest BCUT2D eigenvalue weighted by molar-refractivity contribution is 6.07. The first-order valence-electron chi connectivity index (χ1n) is 4.94. The Kier molecular flexibility index (Phi) is 2.52. The van der Waals surface area contributed by atoms with Crippen molar-refractivity contribution in [1.29, 1.82) is 0 Å². The number of ether oxygens (including phenoxy) is 1. The van der Waals surface area contributed by atoms with Gasteiger partial charge in [-0.25, -0.2) is 4.79 Å². The Bertz CT molecular complexity index is 558. The molecule has 0 spiro atoms. The quantitative estimate of drug-likeness (QED) is 0.839. The molecule has 0 aliphatic carbocycles. The van der Waals surface area contributed by atoms with E-state index in [0.717, 1.165) is 10.9 Å². The molecular formula is C13H12O3. The maximum atomic E-state index is 11.2. The predicted molar refractivity (Wildman–Crippen MR) is 62.2 cm³/mol. The summed E-state index contributed by atoms with van der Waals surface area (Å²) in [6.45, 7) is 1.96. The number of carbonyl (C=O) groups is 1. The van der Waals surface area contributed by atoms with E-state index in [1.165, 1.54) is 7.11 Å². The van der Waals surface area contributed by atoms with E-state index in [4.69, 9.17) is 4.74 Å². The summed E-state index contributed by atoms with van der Waals surface area (Å²) < 4.78 is 5.07. The number of benzene rings is 2. The van der Waals surface area contributed by atoms with Gasteiger partial charge in [-0.1, -0.05) is 24.3 Å². The fourth-order valence-corrected chi connectivity index (χ4v) is 1.89. The van der Waals surface area contributed by atoms with Gasteiger partial charge in [0.05, 0.1) is 7.11 Å². The third-order valence-corrected chi connectivity index (χ3v) is 2.68. The maximum Gasteiger partial charge on any atom is 0.340 e. The molecule has 3 heteroatoms. The van der Waals surface area contributed by atoms with Gasteiger partial charge < -0.3 is 9.84 Å². The Labute approximate surface area is 93.3 Å². The lowest BCUT2D eigenvalue weighted by Crippen LogP contribution is -2.01. The van der Waals surface area contributed by atoms with Crippen LogP contribution < -0.4 is 4.74 Å². The van der Waals surface area contributed by atoms with Gasteiger partial charge in [0, 0.05) is 5.39 Å². The highest BCUT2D eigenvalue weighted by Crippen LogP contribution is 2.29. The van der Waals surface area contributed by atoms with Gasteiger partial charge in [-0.2, -0.15) is 0 Å². The average molecular weight is 216 g/mol. The molecule has 0 bridgehead atoms. The molecule has 3 nitrogen and oxygen atoms in total. The first-order chi connectivity index (χ1) is 7.65. The van der Waals surface area contributed by atoms with Crippen molar-refractivity contribution in [2.75, 3.05) is 7.11 Å². The van der Waals surface area contributed by atoms with Gasteiger partial charge in [0.2, 0.25) is 0 Å². The topological polar surface area (TPSA) is 46.5 Å². The van der Waals surface area contributed by atoms with Crippen molar-refractivity contribution in [3.63, 3.8) is 0 Å². The van der Waals surface area contributed by atoms with Crippen LogP contribution in [-0.2, 0) is 0 Å². The molecular weight excluding hydrogens is 204 g/mol. The minimum atomic E-state index is -0.965. The first-order valence-corrected chi connectivity index (χ1v) is 4.94. The Hall–Kier alpha value is -2.03. The summed E-state index contributed by atoms with van der Waals surface area (Å²) in [5.41, 5.74) is 1.28. The van der Waals surface area contributed by atoms with Crippen LogP contribution in [0.4, 0.5) is 0 Å². The number of rotatable bonds is 2. The molecule has 16 heavy (non-hydrogen) atoms. The minimum absolute atomic E-state index is 0.226. The molecule has 0 aromatic heterocycles. The van der Waals surface area contributed by atoms with Crippen LogP contribution in [0.2, 0.25) is 0 Å². The zero-order chi connectivity index (χ0) is 11.7. The standard InChI is InChI=1S/C13H12O3/c1-8-4-3-5-10-9(8)6-7-11(16-2)12(10)13(14)15/h3-7H,1-2H3,(H,14,15). The maximum absolute atomic E-state index is 11.2. The Morgan fingerprint density at radius 2 is 1.94 bits per heavy atom. The Morgan fingerprint density at radius 1 is 1.19 bits per heavy atom. The molecule has 2 rings (SSSR count). The van der Waals surface area contributed by atoms with Crippen molar-refractivity contribution in [3.05, 3.63) is 41.5 Å². The molecule has 0 aliphatic heterocycles. The predicted octanol–water partition coefficient (Wildman–Crippen LogP) is 2.86. The van der Waals surface area contributed by atoms with E-state index in [2.05, 4.69) is 0 Å². The van der Waals surface area contributed by atoms with E-state index in [9.17, 15) is 9.90 Å². The van der Waals surface area contributed by atoms with Crippen molar-refractivity contribution in [2.45, 2.75) is 6.92 Å². The number of hydrogen-bond acceptors (Lipinski definition) is 2. The molecule has 0 heterocycles. The van der Waals surface area contributed by atoms with Gasteiger partial charge in [-0.15, -0.1) is 0 Å². The second-order valence-corrected chi connectivity index (χ2v) is 3.62. The van der Waals surface area contributed by atoms with E-state index in [1.807, 2.05) is 25.1 Å². The molecule has 0 unspecified atom stereocenters. The van der Waals surface area contributed by atoms with Crippen LogP contribution >= 0.6 is 0 Å². The van der Waals surface area contributed by atoms with Crippen molar-refractivity contribution in [1.82, 2.24) is 0 Å². The number of fused-ring (bicyclic) bond motifs is 1. The molecule has 0 atom stereocenters. The summed E-state index contributed by atoms with van der Waals surface area (Å²) in [7, 11) is 1.48. The first kappa shape index (κ1) is 10.5. The largest absolute Gasteiger partial charge is 0.496 e. The number of aromatic carboxylic acids is 1. The van der Waals surface area contributed by atoms with Gasteiger partial charge in [0.15, 0.2) is 0 Å². The van der Waals surface area contributed by atoms with Crippen LogP contribution in [0.3, 0.4) is 0 Å². The molecule has 0 radical (unpaired) electrons. The lowest BCUT2D eigenvalue weighted by Gasteiger charge is -2.09. The van der Waals surface area contributed by atoms with E-state index in [1.54, 1.807) is 12.1 Å². The van der Waals surface area contributed by atoms with Crippen LogP contribution in [0, 0.1) is 6.92 Å². The monoisotopic (exact) mass is 216 g/mol. The fraction of sp³-hybridized carbons (Fsp3) is 0.154. The zero-order valence-electron chi connectivity index (χ0n) is 9.15. The minimum Gasteiger partial charge on any atom is -0.496 e. The molecule has 1 N–H and O–H groups in total.